The normalized spacial score (nSPS) is 19.1. The summed E-state index contributed by atoms with van der Waals surface area (Å²) in [6.07, 6.45) is 6.60. The van der Waals surface area contributed by atoms with Crippen LogP contribution < -0.4 is 10.6 Å². The van der Waals surface area contributed by atoms with Crippen molar-refractivity contribution < 1.29 is 9.59 Å². The number of rotatable bonds is 6. The predicted octanol–water partition coefficient (Wildman–Crippen LogP) is 7.69. The van der Waals surface area contributed by atoms with Gasteiger partial charge in [0.2, 0.25) is 0 Å². The molecule has 2 unspecified atom stereocenters. The summed E-state index contributed by atoms with van der Waals surface area (Å²) >= 11 is 0. The van der Waals surface area contributed by atoms with Gasteiger partial charge >= 0.3 is 6.03 Å². The van der Waals surface area contributed by atoms with E-state index in [1.807, 2.05) is 73.7 Å². The second-order valence-corrected chi connectivity index (χ2v) is 14.1. The number of nitrogens with one attached hydrogen (secondary N) is 2. The van der Waals surface area contributed by atoms with Crippen molar-refractivity contribution in [3.8, 4) is 5.69 Å². The van der Waals surface area contributed by atoms with Crippen LogP contribution in [0.4, 0.5) is 16.3 Å². The van der Waals surface area contributed by atoms with Crippen LogP contribution in [0.3, 0.4) is 0 Å². The molecule has 0 aliphatic carbocycles. The Labute approximate surface area is 275 Å². The van der Waals surface area contributed by atoms with Gasteiger partial charge in [-0.1, -0.05) is 62.7 Å². The van der Waals surface area contributed by atoms with Crippen LogP contribution in [0.1, 0.15) is 73.8 Å². The first kappa shape index (κ1) is 30.6. The van der Waals surface area contributed by atoms with Gasteiger partial charge in [0.1, 0.15) is 11.5 Å². The maximum Gasteiger partial charge on any atom is 0.324 e. The average Bonchev–Trinajstić information content (AvgIpc) is 3.60. The van der Waals surface area contributed by atoms with E-state index in [0.29, 0.717) is 17.4 Å². The van der Waals surface area contributed by atoms with E-state index < -0.39 is 0 Å². The maximum atomic E-state index is 13.5. The third-order valence-electron chi connectivity index (χ3n) is 9.47. The van der Waals surface area contributed by atoms with E-state index in [-0.39, 0.29) is 29.4 Å². The number of fused-ring (bicyclic) bond motifs is 3. The van der Waals surface area contributed by atoms with Gasteiger partial charge in [0.05, 0.1) is 28.6 Å². The summed E-state index contributed by atoms with van der Waals surface area (Å²) in [4.78, 5) is 37.8. The van der Waals surface area contributed by atoms with Crippen molar-refractivity contribution in [2.24, 2.45) is 5.92 Å². The van der Waals surface area contributed by atoms with Gasteiger partial charge in [0.25, 0.3) is 5.91 Å². The van der Waals surface area contributed by atoms with E-state index in [4.69, 9.17) is 5.10 Å². The Bertz CT molecular complexity index is 1910. The Hall–Kier alpha value is -5.05. The number of aromatic nitrogens is 4. The van der Waals surface area contributed by atoms with Crippen molar-refractivity contribution in [2.45, 2.75) is 77.3 Å². The Morgan fingerprint density at radius 3 is 2.23 bits per heavy atom. The number of carbonyl (C=O) groups is 2. The van der Waals surface area contributed by atoms with Gasteiger partial charge in [-0.3, -0.25) is 15.1 Å². The van der Waals surface area contributed by atoms with Crippen LogP contribution >= 0.6 is 0 Å². The molecule has 0 saturated carbocycles. The lowest BCUT2D eigenvalue weighted by molar-refractivity contribution is 0.0518. The van der Waals surface area contributed by atoms with E-state index >= 15 is 0 Å². The minimum absolute atomic E-state index is 0.000506. The summed E-state index contributed by atoms with van der Waals surface area (Å²) in [5, 5.41) is 10.8. The first-order chi connectivity index (χ1) is 22.6. The Balaban J connectivity index is 0.971. The zero-order valence-corrected chi connectivity index (χ0v) is 27.4. The molecule has 240 valence electrons. The number of nitrogens with zero attached hydrogens (tertiary/aromatic N) is 5. The molecule has 2 aliphatic rings. The van der Waals surface area contributed by atoms with Gasteiger partial charge in [0.15, 0.2) is 0 Å². The van der Waals surface area contributed by atoms with Crippen molar-refractivity contribution in [3.63, 3.8) is 0 Å². The van der Waals surface area contributed by atoms with E-state index in [9.17, 15) is 9.59 Å². The van der Waals surface area contributed by atoms with Crippen LogP contribution in [0.25, 0.3) is 16.7 Å². The fourth-order valence-corrected chi connectivity index (χ4v) is 7.04. The highest BCUT2D eigenvalue weighted by Gasteiger charge is 2.43. The number of piperidine rings is 1. The van der Waals surface area contributed by atoms with E-state index in [1.54, 1.807) is 10.9 Å². The van der Waals surface area contributed by atoms with Crippen molar-refractivity contribution >= 4 is 34.5 Å². The summed E-state index contributed by atoms with van der Waals surface area (Å²) in [7, 11) is 0. The fraction of sp³-hybridized carbons (Fsp3) is 0.342. The standard InChI is InChI=1S/C38H41N7O2/c1-24-9-15-28(16-10-24)45-35(22-34(43-45)38(2,3)4)42-37(47)40-27-13-11-25(12-14-27)19-26-20-29-17-18-30(21-26)44(29)36(46)33-23-39-31-7-5-6-8-32(31)41-33/h5-16,22-23,26,29-30H,17-21H2,1-4H3,(H2,40,42,47). The molecule has 3 aromatic carbocycles. The molecule has 2 aliphatic heterocycles. The molecule has 4 heterocycles. The largest absolute Gasteiger partial charge is 0.331 e. The third kappa shape index (κ3) is 6.48. The average molecular weight is 628 g/mol. The summed E-state index contributed by atoms with van der Waals surface area (Å²) in [5.74, 6) is 1.11. The maximum absolute atomic E-state index is 13.5. The Morgan fingerprint density at radius 2 is 1.55 bits per heavy atom. The fourth-order valence-electron chi connectivity index (χ4n) is 7.04. The smallest absolute Gasteiger partial charge is 0.324 e. The SMILES string of the molecule is Cc1ccc(-n2nc(C(C)(C)C)cc2NC(=O)Nc2ccc(CC3CC4CCC(C3)N4C(=O)c3cnc4ccccc4n3)cc2)cc1. The number of benzene rings is 3. The zero-order chi connectivity index (χ0) is 32.7. The molecular formula is C38H41N7O2. The molecule has 0 radical (unpaired) electrons. The molecule has 2 N–H and O–H groups in total. The molecular weight excluding hydrogens is 586 g/mol. The van der Waals surface area contributed by atoms with Crippen molar-refractivity contribution in [1.82, 2.24) is 24.6 Å². The molecule has 2 atom stereocenters. The lowest BCUT2D eigenvalue weighted by Gasteiger charge is -2.39. The lowest BCUT2D eigenvalue weighted by Crippen LogP contribution is -2.47. The molecule has 3 amide bonds. The topological polar surface area (TPSA) is 105 Å². The molecule has 2 saturated heterocycles. The highest BCUT2D eigenvalue weighted by Crippen LogP contribution is 2.40. The van der Waals surface area contributed by atoms with E-state index in [1.165, 1.54) is 5.56 Å². The van der Waals surface area contributed by atoms with E-state index in [2.05, 4.69) is 58.4 Å². The highest BCUT2D eigenvalue weighted by atomic mass is 16.2. The van der Waals surface area contributed by atoms with Crippen LogP contribution in [0.2, 0.25) is 0 Å². The number of carbonyl (C=O) groups excluding carboxylic acids is 2. The van der Waals surface area contributed by atoms with Crippen LogP contribution in [0.5, 0.6) is 0 Å². The van der Waals surface area contributed by atoms with Gasteiger partial charge in [-0.2, -0.15) is 5.10 Å². The van der Waals surface area contributed by atoms with Gasteiger partial charge in [-0.15, -0.1) is 0 Å². The van der Waals surface area contributed by atoms with Crippen LogP contribution in [0.15, 0.2) is 85.1 Å². The van der Waals surface area contributed by atoms with Gasteiger partial charge in [-0.05, 0) is 86.9 Å². The van der Waals surface area contributed by atoms with Crippen LogP contribution in [0, 0.1) is 12.8 Å². The molecule has 2 fully saturated rings. The van der Waals surface area contributed by atoms with Crippen molar-refractivity contribution in [3.05, 3.63) is 108 Å². The molecule has 47 heavy (non-hydrogen) atoms. The molecule has 9 nitrogen and oxygen atoms in total. The summed E-state index contributed by atoms with van der Waals surface area (Å²) in [6.45, 7) is 8.37. The number of hydrogen-bond acceptors (Lipinski definition) is 5. The number of hydrogen-bond donors (Lipinski definition) is 2. The first-order valence-electron chi connectivity index (χ1n) is 16.5. The highest BCUT2D eigenvalue weighted by molar-refractivity contribution is 5.99. The number of aryl methyl sites for hydroxylation is 1. The number of para-hydroxylation sites is 2. The second kappa shape index (κ2) is 12.3. The van der Waals surface area contributed by atoms with Crippen molar-refractivity contribution in [1.29, 1.82) is 0 Å². The lowest BCUT2D eigenvalue weighted by atomic mass is 9.85. The Morgan fingerprint density at radius 1 is 0.872 bits per heavy atom. The minimum Gasteiger partial charge on any atom is -0.331 e. The molecule has 2 bridgehead atoms. The molecule has 2 aromatic heterocycles. The molecule has 9 heteroatoms. The molecule has 7 rings (SSSR count). The quantitative estimate of drug-likeness (QED) is 0.201. The van der Waals surface area contributed by atoms with Crippen molar-refractivity contribution in [2.75, 3.05) is 10.6 Å². The van der Waals surface area contributed by atoms with Gasteiger partial charge in [0, 0.05) is 29.3 Å². The minimum atomic E-state index is -0.323. The molecule has 0 spiro atoms. The van der Waals surface area contributed by atoms with Gasteiger partial charge < -0.3 is 10.2 Å². The summed E-state index contributed by atoms with van der Waals surface area (Å²) < 4.78 is 1.78. The summed E-state index contributed by atoms with van der Waals surface area (Å²) in [5.41, 5.74) is 6.70. The van der Waals surface area contributed by atoms with E-state index in [0.717, 1.165) is 65.8 Å². The first-order valence-corrected chi connectivity index (χ1v) is 16.5. The number of urea groups is 1. The zero-order valence-electron chi connectivity index (χ0n) is 27.4. The number of anilines is 2. The third-order valence-corrected chi connectivity index (χ3v) is 9.47. The molecule has 5 aromatic rings. The Kier molecular flexibility index (Phi) is 7.99. The summed E-state index contributed by atoms with van der Waals surface area (Å²) in [6, 6.07) is 25.9. The second-order valence-electron chi connectivity index (χ2n) is 14.1. The monoisotopic (exact) mass is 627 g/mol. The van der Waals surface area contributed by atoms with Crippen LogP contribution in [-0.4, -0.2) is 48.7 Å². The number of amides is 3. The van der Waals surface area contributed by atoms with Gasteiger partial charge in [-0.25, -0.2) is 14.5 Å². The predicted molar refractivity (Wildman–Crippen MR) is 185 cm³/mol. The van der Waals surface area contributed by atoms with Crippen LogP contribution in [-0.2, 0) is 11.8 Å².